The zero-order chi connectivity index (χ0) is 16.2. The van der Waals surface area contributed by atoms with Crippen LogP contribution in [0.4, 0.5) is 5.69 Å². The van der Waals surface area contributed by atoms with Gasteiger partial charge in [-0.3, -0.25) is 0 Å². The minimum atomic E-state index is -3.68. The number of primary sulfonamides is 1. The maximum atomic E-state index is 11.6. The van der Waals surface area contributed by atoms with E-state index >= 15 is 0 Å². The molecule has 1 aromatic carbocycles. The van der Waals surface area contributed by atoms with Gasteiger partial charge < -0.3 is 5.32 Å². The molecule has 5 heteroatoms. The van der Waals surface area contributed by atoms with Gasteiger partial charge in [0.1, 0.15) is 0 Å². The lowest BCUT2D eigenvalue weighted by Gasteiger charge is -2.24. The van der Waals surface area contributed by atoms with Gasteiger partial charge >= 0.3 is 0 Å². The zero-order valence-corrected chi connectivity index (χ0v) is 14.5. The topological polar surface area (TPSA) is 72.2 Å². The highest BCUT2D eigenvalue weighted by molar-refractivity contribution is 7.89. The Bertz CT molecular complexity index is 556. The van der Waals surface area contributed by atoms with Crippen LogP contribution in [0.15, 0.2) is 23.1 Å². The van der Waals surface area contributed by atoms with Crippen LogP contribution >= 0.6 is 0 Å². The van der Waals surface area contributed by atoms with Gasteiger partial charge in [-0.1, -0.05) is 33.8 Å². The minimum Gasteiger partial charge on any atom is -0.382 e. The summed E-state index contributed by atoms with van der Waals surface area (Å²) < 4.78 is 23.2. The van der Waals surface area contributed by atoms with E-state index in [2.05, 4.69) is 33.0 Å². The van der Waals surface area contributed by atoms with E-state index in [4.69, 9.17) is 5.14 Å². The average Bonchev–Trinajstić information content (AvgIpc) is 2.28. The molecule has 1 rings (SSSR count). The Balaban J connectivity index is 2.98. The van der Waals surface area contributed by atoms with E-state index < -0.39 is 10.0 Å². The van der Waals surface area contributed by atoms with E-state index in [-0.39, 0.29) is 4.90 Å². The highest BCUT2D eigenvalue weighted by Crippen LogP contribution is 2.23. The second-order valence-corrected chi connectivity index (χ2v) is 8.16. The average molecular weight is 312 g/mol. The monoisotopic (exact) mass is 312 g/mol. The van der Waals surface area contributed by atoms with Crippen molar-refractivity contribution in [2.24, 2.45) is 17.0 Å². The molecule has 0 fully saturated rings. The van der Waals surface area contributed by atoms with Crippen LogP contribution in [-0.2, 0) is 10.0 Å². The maximum absolute atomic E-state index is 11.6. The SMILES string of the molecule is Cc1ccc(NC(CC(C)C)CC(C)C)cc1S(N)(=O)=O. The number of hydrogen-bond acceptors (Lipinski definition) is 3. The van der Waals surface area contributed by atoms with Gasteiger partial charge in [-0.25, -0.2) is 13.6 Å². The summed E-state index contributed by atoms with van der Waals surface area (Å²) in [6, 6.07) is 5.68. The molecule has 0 aliphatic rings. The van der Waals surface area contributed by atoms with Crippen LogP contribution in [0.3, 0.4) is 0 Å². The molecule has 0 saturated heterocycles. The molecule has 0 aromatic heterocycles. The minimum absolute atomic E-state index is 0.195. The molecule has 0 heterocycles. The molecule has 3 N–H and O–H groups in total. The molecule has 0 saturated carbocycles. The van der Waals surface area contributed by atoms with Crippen LogP contribution in [0.5, 0.6) is 0 Å². The van der Waals surface area contributed by atoms with E-state index in [1.807, 2.05) is 6.07 Å². The number of nitrogens with two attached hydrogens (primary N) is 1. The summed E-state index contributed by atoms with van der Waals surface area (Å²) in [5, 5.41) is 8.72. The van der Waals surface area contributed by atoms with Gasteiger partial charge in [-0.2, -0.15) is 0 Å². The quantitative estimate of drug-likeness (QED) is 0.809. The number of hydrogen-bond donors (Lipinski definition) is 2. The molecular weight excluding hydrogens is 284 g/mol. The van der Waals surface area contributed by atoms with Gasteiger partial charge in [0.25, 0.3) is 0 Å². The third kappa shape index (κ3) is 6.06. The molecule has 1 aromatic rings. The van der Waals surface area contributed by atoms with E-state index in [1.165, 1.54) is 0 Å². The summed E-state index contributed by atoms with van der Waals surface area (Å²) in [5.41, 5.74) is 1.49. The van der Waals surface area contributed by atoms with E-state index in [1.54, 1.807) is 19.1 Å². The van der Waals surface area contributed by atoms with Crippen LogP contribution < -0.4 is 10.5 Å². The molecule has 4 nitrogen and oxygen atoms in total. The predicted octanol–water partition coefficient (Wildman–Crippen LogP) is 3.52. The van der Waals surface area contributed by atoms with Gasteiger partial charge in [0.15, 0.2) is 0 Å². The first-order valence-electron chi connectivity index (χ1n) is 7.49. The van der Waals surface area contributed by atoms with E-state index in [9.17, 15) is 8.42 Å². The normalized spacial score (nSPS) is 12.4. The summed E-state index contributed by atoms with van der Waals surface area (Å²) in [5.74, 6) is 1.17. The standard InChI is InChI=1S/C16H28N2O2S/c1-11(2)8-15(9-12(3)4)18-14-7-6-13(5)16(10-14)21(17,19)20/h6-7,10-12,15,18H,8-9H2,1-5H3,(H2,17,19,20). The molecule has 0 amide bonds. The lowest BCUT2D eigenvalue weighted by atomic mass is 9.95. The third-order valence-electron chi connectivity index (χ3n) is 3.38. The summed E-state index contributed by atoms with van der Waals surface area (Å²) >= 11 is 0. The first kappa shape index (κ1) is 18.0. The van der Waals surface area contributed by atoms with Gasteiger partial charge in [0.05, 0.1) is 4.90 Å². The Labute approximate surface area is 129 Å². The second-order valence-electron chi connectivity index (χ2n) is 6.63. The zero-order valence-electron chi connectivity index (χ0n) is 13.7. The Hall–Kier alpha value is -1.07. The number of nitrogens with one attached hydrogen (secondary N) is 1. The molecule has 120 valence electrons. The third-order valence-corrected chi connectivity index (χ3v) is 4.43. The molecule has 0 aliphatic heterocycles. The van der Waals surface area contributed by atoms with Gasteiger partial charge in [-0.05, 0) is 49.3 Å². The summed E-state index contributed by atoms with van der Waals surface area (Å²) in [6.45, 7) is 10.5. The maximum Gasteiger partial charge on any atom is 0.238 e. The molecule has 21 heavy (non-hydrogen) atoms. The molecule has 0 aliphatic carbocycles. The van der Waals surface area contributed by atoms with Gasteiger partial charge in [0, 0.05) is 11.7 Å². The second kappa shape index (κ2) is 7.27. The largest absolute Gasteiger partial charge is 0.382 e. The molecule has 0 atom stereocenters. The number of anilines is 1. The summed E-state index contributed by atoms with van der Waals surface area (Å²) in [4.78, 5) is 0.195. The predicted molar refractivity (Wildman–Crippen MR) is 88.9 cm³/mol. The van der Waals surface area contributed by atoms with Crippen molar-refractivity contribution in [2.45, 2.75) is 58.4 Å². The van der Waals surface area contributed by atoms with Crippen LogP contribution in [0.25, 0.3) is 0 Å². The van der Waals surface area contributed by atoms with E-state index in [0.717, 1.165) is 18.5 Å². The Kier molecular flexibility index (Phi) is 6.23. The fraction of sp³-hybridized carbons (Fsp3) is 0.625. The number of aryl methyl sites for hydroxylation is 1. The first-order valence-corrected chi connectivity index (χ1v) is 9.04. The van der Waals surface area contributed by atoms with Crippen LogP contribution in [-0.4, -0.2) is 14.5 Å². The van der Waals surface area contributed by atoms with Crippen molar-refractivity contribution in [3.05, 3.63) is 23.8 Å². The fourth-order valence-electron chi connectivity index (χ4n) is 2.58. The Morgan fingerprint density at radius 1 is 1.10 bits per heavy atom. The number of rotatable bonds is 7. The summed E-state index contributed by atoms with van der Waals surface area (Å²) in [6.07, 6.45) is 2.10. The van der Waals surface area contributed by atoms with Crippen molar-refractivity contribution in [2.75, 3.05) is 5.32 Å². The molecule has 0 spiro atoms. The van der Waals surface area contributed by atoms with Crippen LogP contribution in [0, 0.1) is 18.8 Å². The highest BCUT2D eigenvalue weighted by Gasteiger charge is 2.16. The van der Waals surface area contributed by atoms with E-state index in [0.29, 0.717) is 23.4 Å². The van der Waals surface area contributed by atoms with Gasteiger partial charge in [-0.15, -0.1) is 0 Å². The highest BCUT2D eigenvalue weighted by atomic mass is 32.2. The number of benzene rings is 1. The Morgan fingerprint density at radius 3 is 2.05 bits per heavy atom. The lowest BCUT2D eigenvalue weighted by molar-refractivity contribution is 0.442. The van der Waals surface area contributed by atoms with Gasteiger partial charge in [0.2, 0.25) is 10.0 Å². The van der Waals surface area contributed by atoms with Crippen LogP contribution in [0.1, 0.15) is 46.1 Å². The van der Waals surface area contributed by atoms with Crippen molar-refractivity contribution in [3.8, 4) is 0 Å². The molecule has 0 unspecified atom stereocenters. The summed E-state index contributed by atoms with van der Waals surface area (Å²) in [7, 11) is -3.68. The van der Waals surface area contributed by atoms with Crippen molar-refractivity contribution >= 4 is 15.7 Å². The van der Waals surface area contributed by atoms with Crippen LogP contribution in [0.2, 0.25) is 0 Å². The first-order chi connectivity index (χ1) is 9.59. The smallest absolute Gasteiger partial charge is 0.238 e. The lowest BCUT2D eigenvalue weighted by Crippen LogP contribution is -2.24. The molecule has 0 bridgehead atoms. The molecule has 0 radical (unpaired) electrons. The number of sulfonamides is 1. The van der Waals surface area contributed by atoms with Crippen molar-refractivity contribution in [3.63, 3.8) is 0 Å². The fourth-order valence-corrected chi connectivity index (χ4v) is 3.39. The van der Waals surface area contributed by atoms with Crippen molar-refractivity contribution in [1.82, 2.24) is 0 Å². The van der Waals surface area contributed by atoms with Crippen molar-refractivity contribution in [1.29, 1.82) is 0 Å². The molecular formula is C16H28N2O2S. The van der Waals surface area contributed by atoms with Crippen molar-refractivity contribution < 1.29 is 8.42 Å². The Morgan fingerprint density at radius 2 is 1.62 bits per heavy atom.